The molecule has 15 heavy (non-hydrogen) atoms. The van der Waals surface area contributed by atoms with Gasteiger partial charge in [-0.2, -0.15) is 0 Å². The lowest BCUT2D eigenvalue weighted by Crippen LogP contribution is -1.91. The molecule has 0 heterocycles. The highest BCUT2D eigenvalue weighted by Gasteiger charge is 2.07. The number of benzene rings is 1. The number of allylic oxidation sites excluding steroid dienone is 1. The molecule has 3 heteroatoms. The van der Waals surface area contributed by atoms with Crippen molar-refractivity contribution in [2.45, 2.75) is 13.8 Å². The number of methoxy groups -OCH3 is 1. The van der Waals surface area contributed by atoms with Gasteiger partial charge in [0, 0.05) is 17.8 Å². The van der Waals surface area contributed by atoms with Crippen LogP contribution >= 0.6 is 0 Å². The van der Waals surface area contributed by atoms with Crippen LogP contribution in [0.5, 0.6) is 5.75 Å². The van der Waals surface area contributed by atoms with Gasteiger partial charge in [0.05, 0.1) is 12.8 Å². The summed E-state index contributed by atoms with van der Waals surface area (Å²) in [5, 5.41) is 0. The molecular formula is C12H14FNO. The first-order valence-corrected chi connectivity index (χ1v) is 4.71. The normalized spacial score (nSPS) is 12.1. The van der Waals surface area contributed by atoms with Gasteiger partial charge in [-0.1, -0.05) is 6.08 Å². The Hall–Kier alpha value is -1.64. The molecule has 0 aliphatic carbocycles. The predicted molar refractivity (Wildman–Crippen MR) is 60.8 cm³/mol. The maximum atomic E-state index is 12.9. The van der Waals surface area contributed by atoms with Crippen LogP contribution in [0.2, 0.25) is 0 Å². The van der Waals surface area contributed by atoms with Crippen LogP contribution in [-0.4, -0.2) is 13.3 Å². The summed E-state index contributed by atoms with van der Waals surface area (Å²) in [5.41, 5.74) is 1.56. The fourth-order valence-electron chi connectivity index (χ4n) is 1.32. The Morgan fingerprint density at radius 3 is 2.67 bits per heavy atom. The molecular weight excluding hydrogens is 193 g/mol. The van der Waals surface area contributed by atoms with Crippen molar-refractivity contribution in [3.63, 3.8) is 0 Å². The van der Waals surface area contributed by atoms with Crippen molar-refractivity contribution in [3.8, 4) is 5.75 Å². The van der Waals surface area contributed by atoms with Gasteiger partial charge in [-0.05, 0) is 26.0 Å². The van der Waals surface area contributed by atoms with E-state index in [4.69, 9.17) is 4.74 Å². The average Bonchev–Trinajstić information content (AvgIpc) is 2.26. The lowest BCUT2D eigenvalue weighted by molar-refractivity contribution is 0.410. The fraction of sp³-hybridized carbons (Fsp3) is 0.250. The fourth-order valence-corrected chi connectivity index (χ4v) is 1.32. The maximum absolute atomic E-state index is 12.9. The summed E-state index contributed by atoms with van der Waals surface area (Å²) >= 11 is 0. The Kier molecular flexibility index (Phi) is 4.03. The van der Waals surface area contributed by atoms with E-state index in [2.05, 4.69) is 4.99 Å². The maximum Gasteiger partial charge on any atom is 0.131 e. The van der Waals surface area contributed by atoms with E-state index in [0.29, 0.717) is 5.75 Å². The molecule has 0 aromatic heterocycles. The minimum absolute atomic E-state index is 0.313. The number of hydrogen-bond acceptors (Lipinski definition) is 2. The van der Waals surface area contributed by atoms with E-state index in [1.54, 1.807) is 12.3 Å². The average molecular weight is 207 g/mol. The zero-order valence-electron chi connectivity index (χ0n) is 9.12. The third-order valence-electron chi connectivity index (χ3n) is 1.98. The number of rotatable bonds is 3. The van der Waals surface area contributed by atoms with Crippen molar-refractivity contribution in [1.29, 1.82) is 0 Å². The molecule has 2 nitrogen and oxygen atoms in total. The van der Waals surface area contributed by atoms with Gasteiger partial charge in [-0.3, -0.25) is 4.99 Å². The topological polar surface area (TPSA) is 21.6 Å². The number of ether oxygens (including phenoxy) is 1. The molecule has 0 spiro atoms. The van der Waals surface area contributed by atoms with Crippen molar-refractivity contribution in [2.75, 3.05) is 7.11 Å². The molecule has 0 bridgehead atoms. The van der Waals surface area contributed by atoms with E-state index in [0.717, 1.165) is 11.3 Å². The highest BCUT2D eigenvalue weighted by Crippen LogP contribution is 2.27. The van der Waals surface area contributed by atoms with E-state index in [9.17, 15) is 4.39 Å². The van der Waals surface area contributed by atoms with Gasteiger partial charge >= 0.3 is 0 Å². The molecule has 0 aliphatic heterocycles. The minimum Gasteiger partial charge on any atom is -0.496 e. The van der Waals surface area contributed by atoms with Crippen LogP contribution in [0.25, 0.3) is 5.70 Å². The second-order valence-corrected chi connectivity index (χ2v) is 2.91. The molecule has 1 rings (SSSR count). The van der Waals surface area contributed by atoms with Crippen molar-refractivity contribution in [3.05, 3.63) is 35.7 Å². The summed E-state index contributed by atoms with van der Waals surface area (Å²) in [4.78, 5) is 4.18. The number of aliphatic imine (C=N–C) groups is 1. The van der Waals surface area contributed by atoms with Gasteiger partial charge in [-0.25, -0.2) is 4.39 Å². The Balaban J connectivity index is 3.23. The third kappa shape index (κ3) is 2.65. The number of halogens is 1. The first-order chi connectivity index (χ1) is 7.22. The molecule has 0 atom stereocenters. The highest BCUT2D eigenvalue weighted by molar-refractivity contribution is 5.75. The largest absolute Gasteiger partial charge is 0.496 e. The standard InChI is InChI=1S/C12H14FNO/c1-4-11(14-5-2)10-7-6-9(13)8-12(10)15-3/h4-8H,1-3H3. The molecule has 1 aromatic carbocycles. The van der Waals surface area contributed by atoms with E-state index >= 15 is 0 Å². The zero-order chi connectivity index (χ0) is 11.3. The van der Waals surface area contributed by atoms with Crippen LogP contribution in [-0.2, 0) is 0 Å². The smallest absolute Gasteiger partial charge is 0.131 e. The summed E-state index contributed by atoms with van der Waals surface area (Å²) in [6.07, 6.45) is 3.55. The van der Waals surface area contributed by atoms with E-state index < -0.39 is 0 Å². The summed E-state index contributed by atoms with van der Waals surface area (Å²) in [7, 11) is 1.52. The van der Waals surface area contributed by atoms with Crippen molar-refractivity contribution in [2.24, 2.45) is 4.99 Å². The first kappa shape index (κ1) is 11.4. The van der Waals surface area contributed by atoms with Crippen LogP contribution < -0.4 is 4.74 Å². The quantitative estimate of drug-likeness (QED) is 0.697. The molecule has 0 saturated carbocycles. The van der Waals surface area contributed by atoms with Gasteiger partial charge in [-0.15, -0.1) is 0 Å². The second kappa shape index (κ2) is 5.29. The van der Waals surface area contributed by atoms with Gasteiger partial charge in [0.15, 0.2) is 0 Å². The molecule has 0 aliphatic rings. The van der Waals surface area contributed by atoms with Crippen LogP contribution in [0.1, 0.15) is 19.4 Å². The number of hydrogen-bond donors (Lipinski definition) is 0. The Morgan fingerprint density at radius 1 is 1.40 bits per heavy atom. The Bertz CT molecular complexity index is 397. The van der Waals surface area contributed by atoms with Crippen LogP contribution in [0.15, 0.2) is 29.3 Å². The lowest BCUT2D eigenvalue weighted by atomic mass is 10.1. The first-order valence-electron chi connectivity index (χ1n) is 4.71. The summed E-state index contributed by atoms with van der Waals surface area (Å²) in [6, 6.07) is 4.41. The van der Waals surface area contributed by atoms with Crippen molar-refractivity contribution < 1.29 is 9.13 Å². The van der Waals surface area contributed by atoms with E-state index in [1.807, 2.05) is 19.9 Å². The van der Waals surface area contributed by atoms with E-state index in [1.165, 1.54) is 19.2 Å². The molecule has 0 radical (unpaired) electrons. The summed E-state index contributed by atoms with van der Waals surface area (Å²) in [6.45, 7) is 3.71. The lowest BCUT2D eigenvalue weighted by Gasteiger charge is -2.08. The molecule has 0 N–H and O–H groups in total. The summed E-state index contributed by atoms with van der Waals surface area (Å²) in [5.74, 6) is 0.181. The highest BCUT2D eigenvalue weighted by atomic mass is 19.1. The van der Waals surface area contributed by atoms with Crippen molar-refractivity contribution >= 4 is 11.9 Å². The second-order valence-electron chi connectivity index (χ2n) is 2.91. The minimum atomic E-state index is -0.313. The van der Waals surface area contributed by atoms with Gasteiger partial charge in [0.25, 0.3) is 0 Å². The molecule has 80 valence electrons. The predicted octanol–water partition coefficient (Wildman–Crippen LogP) is 3.29. The zero-order valence-corrected chi connectivity index (χ0v) is 9.12. The SMILES string of the molecule is CC=NC(=CC)c1ccc(F)cc1OC. The molecule has 0 fully saturated rings. The molecule has 1 aromatic rings. The monoisotopic (exact) mass is 207 g/mol. The van der Waals surface area contributed by atoms with Crippen molar-refractivity contribution in [1.82, 2.24) is 0 Å². The van der Waals surface area contributed by atoms with Gasteiger partial charge < -0.3 is 4.74 Å². The van der Waals surface area contributed by atoms with Crippen LogP contribution in [0.4, 0.5) is 4.39 Å². The molecule has 0 unspecified atom stereocenters. The number of nitrogens with zero attached hydrogens (tertiary/aromatic N) is 1. The molecule has 0 saturated heterocycles. The van der Waals surface area contributed by atoms with Gasteiger partial charge in [0.2, 0.25) is 0 Å². The third-order valence-corrected chi connectivity index (χ3v) is 1.98. The Labute approximate surface area is 89.1 Å². The van der Waals surface area contributed by atoms with Gasteiger partial charge in [0.1, 0.15) is 11.6 Å². The molecule has 0 amide bonds. The Morgan fingerprint density at radius 2 is 2.13 bits per heavy atom. The van der Waals surface area contributed by atoms with Crippen LogP contribution in [0.3, 0.4) is 0 Å². The summed E-state index contributed by atoms with van der Waals surface area (Å²) < 4.78 is 18.1. The van der Waals surface area contributed by atoms with E-state index in [-0.39, 0.29) is 5.82 Å². The van der Waals surface area contributed by atoms with Crippen LogP contribution in [0, 0.1) is 5.82 Å².